The van der Waals surface area contributed by atoms with Gasteiger partial charge in [-0.2, -0.15) is 0 Å². The van der Waals surface area contributed by atoms with Crippen LogP contribution in [-0.2, 0) is 0 Å². The van der Waals surface area contributed by atoms with Gasteiger partial charge in [0.1, 0.15) is 0 Å². The average Bonchev–Trinajstić information content (AvgIpc) is 3.42. The molecule has 5 nitrogen and oxygen atoms in total. The number of pyridine rings is 2. The average molecular weight is 497 g/mol. The van der Waals surface area contributed by atoms with E-state index >= 15 is 0 Å². The Morgan fingerprint density at radius 1 is 0.879 bits per heavy atom. The Morgan fingerprint density at radius 3 is 2.64 bits per heavy atom. The zero-order valence-corrected chi connectivity index (χ0v) is 20.1. The summed E-state index contributed by atoms with van der Waals surface area (Å²) in [4.78, 5) is 14.0. The molecule has 162 valence electrons. The first-order valence-electron chi connectivity index (χ1n) is 10.8. The van der Waals surface area contributed by atoms with Crippen LogP contribution < -0.4 is 9.64 Å². The Labute approximate surface area is 198 Å². The van der Waals surface area contributed by atoms with Gasteiger partial charge >= 0.3 is 191 Å². The monoisotopic (exact) mass is 498 g/mol. The second kappa shape index (κ2) is 8.07. The molecule has 4 heterocycles. The third-order valence-corrected chi connectivity index (χ3v) is 8.16. The van der Waals surface area contributed by atoms with Gasteiger partial charge in [-0.15, -0.1) is 0 Å². The van der Waals surface area contributed by atoms with E-state index in [0.29, 0.717) is 5.88 Å². The number of rotatable bonds is 4. The van der Waals surface area contributed by atoms with Crippen molar-refractivity contribution >= 4 is 39.6 Å². The van der Waals surface area contributed by atoms with Crippen LogP contribution in [0.5, 0.6) is 11.6 Å². The summed E-state index contributed by atoms with van der Waals surface area (Å²) in [7, 11) is 2.06. The number of ether oxygens (including phenoxy) is 1. The predicted octanol–water partition coefficient (Wildman–Crippen LogP) is 5.79. The second-order valence-corrected chi connectivity index (χ2v) is 10.3. The molecule has 1 aliphatic heterocycles. The van der Waals surface area contributed by atoms with Crippen molar-refractivity contribution in [1.29, 1.82) is 0 Å². The van der Waals surface area contributed by atoms with E-state index < -0.39 is 0 Å². The minimum absolute atomic E-state index is 0.163. The van der Waals surface area contributed by atoms with Crippen LogP contribution in [0.1, 0.15) is 5.69 Å². The van der Waals surface area contributed by atoms with Crippen molar-refractivity contribution in [2.24, 2.45) is 0 Å². The zero-order valence-electron chi connectivity index (χ0n) is 18.4. The maximum absolute atomic E-state index is 6.18. The van der Waals surface area contributed by atoms with Gasteiger partial charge in [-0.3, -0.25) is 0 Å². The van der Waals surface area contributed by atoms with Crippen molar-refractivity contribution in [3.8, 4) is 22.9 Å². The van der Waals surface area contributed by atoms with Crippen LogP contribution in [0.15, 0.2) is 85.2 Å². The van der Waals surface area contributed by atoms with Gasteiger partial charge in [0.2, 0.25) is 0 Å². The molecular formula is C27H22N4OSe. The Hall–Kier alpha value is -3.60. The first-order chi connectivity index (χ1) is 16.1. The fraction of sp³-hybridized carbons (Fsp3) is 0.111. The molecule has 0 amide bonds. The van der Waals surface area contributed by atoms with Crippen LogP contribution in [0.2, 0.25) is 0 Å². The van der Waals surface area contributed by atoms with Crippen molar-refractivity contribution in [3.05, 3.63) is 90.9 Å². The molecular weight excluding hydrogens is 475 g/mol. The van der Waals surface area contributed by atoms with E-state index in [4.69, 9.17) is 14.7 Å². The molecule has 0 atom stereocenters. The number of nitrogens with zero attached hydrogens (tertiary/aromatic N) is 4. The van der Waals surface area contributed by atoms with E-state index in [1.807, 2.05) is 30.3 Å². The van der Waals surface area contributed by atoms with Gasteiger partial charge in [0.15, 0.2) is 0 Å². The van der Waals surface area contributed by atoms with Crippen LogP contribution in [0.4, 0.5) is 5.69 Å². The van der Waals surface area contributed by atoms with Gasteiger partial charge in [-0.25, -0.2) is 0 Å². The number of hydrogen-bond acceptors (Lipinski definition) is 5. The Morgan fingerprint density at radius 2 is 1.76 bits per heavy atom. The van der Waals surface area contributed by atoms with Crippen molar-refractivity contribution in [2.75, 3.05) is 18.6 Å². The molecule has 6 rings (SSSR count). The molecule has 0 aliphatic carbocycles. The minimum atomic E-state index is 0.163. The summed E-state index contributed by atoms with van der Waals surface area (Å²) >= 11 is 0.163. The van der Waals surface area contributed by atoms with E-state index in [1.54, 1.807) is 0 Å². The molecule has 0 spiro atoms. The Balaban J connectivity index is 1.35. The van der Waals surface area contributed by atoms with Gasteiger partial charge in [-0.05, 0) is 0 Å². The summed E-state index contributed by atoms with van der Waals surface area (Å²) in [6, 6.07) is 24.8. The first-order valence-corrected chi connectivity index (χ1v) is 12.5. The van der Waals surface area contributed by atoms with Crippen molar-refractivity contribution in [2.45, 2.75) is 6.92 Å². The first kappa shape index (κ1) is 20.0. The number of aromatic nitrogens is 2. The molecule has 0 bridgehead atoms. The van der Waals surface area contributed by atoms with Crippen LogP contribution >= 0.6 is 0 Å². The summed E-state index contributed by atoms with van der Waals surface area (Å²) in [6.07, 6.45) is 4.14. The van der Waals surface area contributed by atoms with Crippen LogP contribution in [-0.4, -0.2) is 43.1 Å². The fourth-order valence-electron chi connectivity index (χ4n) is 4.14. The summed E-state index contributed by atoms with van der Waals surface area (Å²) in [5.41, 5.74) is 4.24. The normalized spacial score (nSPS) is 13.4. The van der Waals surface area contributed by atoms with Gasteiger partial charge in [0, 0.05) is 7.05 Å². The third kappa shape index (κ3) is 3.78. The topological polar surface area (TPSA) is 41.5 Å². The molecule has 2 aromatic carbocycles. The SMILES string of the molecule is Cc1ccc2c(n1)[se]c1c(-c3cccc(Oc4cccc(N5C=CN(C)C5)c4)n3)cccc12. The maximum atomic E-state index is 6.18. The molecule has 1 aliphatic rings. The Kier molecular flexibility index (Phi) is 4.90. The van der Waals surface area contributed by atoms with Gasteiger partial charge in [0.05, 0.1) is 0 Å². The number of anilines is 1. The zero-order chi connectivity index (χ0) is 22.4. The van der Waals surface area contributed by atoms with Crippen LogP contribution in [0.25, 0.3) is 30.7 Å². The number of aryl methyl sites for hydroxylation is 1. The molecule has 0 saturated heterocycles. The molecule has 5 aromatic rings. The van der Waals surface area contributed by atoms with Crippen molar-refractivity contribution in [1.82, 2.24) is 14.9 Å². The van der Waals surface area contributed by atoms with Crippen LogP contribution in [0, 0.1) is 6.92 Å². The molecule has 6 heteroatoms. The van der Waals surface area contributed by atoms with Crippen molar-refractivity contribution < 1.29 is 4.74 Å². The van der Waals surface area contributed by atoms with E-state index in [-0.39, 0.29) is 14.5 Å². The molecule has 0 radical (unpaired) electrons. The summed E-state index contributed by atoms with van der Waals surface area (Å²) in [6.45, 7) is 2.88. The summed E-state index contributed by atoms with van der Waals surface area (Å²) < 4.78 is 8.73. The third-order valence-electron chi connectivity index (χ3n) is 5.75. The standard InChI is InChI=1S/C27H22N4OSe/c1-18-12-13-22-21-8-4-9-23(26(21)33-27(22)28-18)24-10-5-11-25(29-24)32-20-7-3-6-19(16-20)31-15-14-30(2)17-31/h3-16H,17H2,1-2H3. The fourth-order valence-corrected chi connectivity index (χ4v) is 6.74. The predicted molar refractivity (Wildman–Crippen MR) is 135 cm³/mol. The van der Waals surface area contributed by atoms with E-state index in [9.17, 15) is 0 Å². The summed E-state index contributed by atoms with van der Waals surface area (Å²) in [5, 5.41) is 2.53. The molecule has 0 saturated carbocycles. The number of hydrogen-bond donors (Lipinski definition) is 0. The summed E-state index contributed by atoms with van der Waals surface area (Å²) in [5.74, 6) is 1.36. The second-order valence-electron chi connectivity index (χ2n) is 8.22. The number of benzene rings is 2. The molecule has 0 fully saturated rings. The Bertz CT molecular complexity index is 1520. The van der Waals surface area contributed by atoms with Crippen LogP contribution in [0.3, 0.4) is 0 Å². The quantitative estimate of drug-likeness (QED) is 0.294. The molecule has 3 aromatic heterocycles. The van der Waals surface area contributed by atoms with Crippen molar-refractivity contribution in [3.63, 3.8) is 0 Å². The molecule has 0 N–H and O–H groups in total. The molecule has 0 unspecified atom stereocenters. The van der Waals surface area contributed by atoms with E-state index in [2.05, 4.69) is 78.6 Å². The van der Waals surface area contributed by atoms with E-state index in [1.165, 1.54) is 19.4 Å². The number of fused-ring (bicyclic) bond motifs is 3. The van der Waals surface area contributed by atoms with Gasteiger partial charge in [-0.1, -0.05) is 0 Å². The molecule has 33 heavy (non-hydrogen) atoms. The van der Waals surface area contributed by atoms with Gasteiger partial charge < -0.3 is 0 Å². The van der Waals surface area contributed by atoms with E-state index in [0.717, 1.165) is 35.1 Å². The van der Waals surface area contributed by atoms with Gasteiger partial charge in [0.25, 0.3) is 0 Å².